The molecule has 4 aromatic carbocycles. The predicted octanol–water partition coefficient (Wildman–Crippen LogP) is 7.19. The first-order chi connectivity index (χ1) is 22.7. The molecule has 0 amide bonds. The second-order valence-electron chi connectivity index (χ2n) is 11.2. The Morgan fingerprint density at radius 2 is 1.45 bits per heavy atom. The van der Waals surface area contributed by atoms with E-state index in [0.717, 1.165) is 82.8 Å². The summed E-state index contributed by atoms with van der Waals surface area (Å²) in [5, 5.41) is 15.9. The summed E-state index contributed by atoms with van der Waals surface area (Å²) in [6.45, 7) is 3.01. The number of carbonyl (C=O) groups is 1. The first kappa shape index (κ1) is 31.6. The van der Waals surface area contributed by atoms with Gasteiger partial charge in [0.05, 0.1) is 41.1 Å². The average molecular weight is 641 g/mol. The molecule has 9 nitrogen and oxygen atoms in total. The molecule has 1 saturated heterocycles. The maximum absolute atomic E-state index is 10.6. The van der Waals surface area contributed by atoms with Crippen molar-refractivity contribution in [2.45, 2.75) is 31.6 Å². The van der Waals surface area contributed by atoms with Crippen LogP contribution in [0.1, 0.15) is 24.4 Å². The van der Waals surface area contributed by atoms with Gasteiger partial charge in [-0.1, -0.05) is 71.9 Å². The van der Waals surface area contributed by atoms with Crippen LogP contribution in [0.5, 0.6) is 5.75 Å². The molecule has 2 aromatic heterocycles. The standard InChI is InChI=1S/C33H30N6O.C2HF3O2/c1-40-27-15-16-28-30(21-27)35-32(24-7-3-2-4-8-24)33(34-28)25-13-11-23(12-14-25)22-38-19-17-26(18-20-38)39-31-10-6-5-9-29(31)36-37-39;3-2(4,5)1(6)7/h2-16,21,26H,17-20,22H2,1H3;(H,6,7). The van der Waals surface area contributed by atoms with E-state index >= 15 is 0 Å². The lowest BCUT2D eigenvalue weighted by Gasteiger charge is -2.32. The largest absolute Gasteiger partial charge is 0.497 e. The number of halogens is 3. The van der Waals surface area contributed by atoms with E-state index in [9.17, 15) is 13.2 Å². The molecular formula is C35H31F3N6O3. The third-order valence-electron chi connectivity index (χ3n) is 8.08. The van der Waals surface area contributed by atoms with Gasteiger partial charge in [-0.05, 0) is 42.7 Å². The molecule has 6 aromatic rings. The molecule has 1 fully saturated rings. The van der Waals surface area contributed by atoms with Crippen LogP contribution >= 0.6 is 0 Å². The number of carboxylic acid groups (broad SMARTS) is 1. The molecule has 240 valence electrons. The van der Waals surface area contributed by atoms with Crippen LogP contribution in [0.25, 0.3) is 44.6 Å². The summed E-state index contributed by atoms with van der Waals surface area (Å²) in [5.41, 5.74) is 8.93. The topological polar surface area (TPSA) is 106 Å². The van der Waals surface area contributed by atoms with Crippen molar-refractivity contribution in [1.82, 2.24) is 29.9 Å². The van der Waals surface area contributed by atoms with Gasteiger partial charge in [-0.15, -0.1) is 5.10 Å². The number of alkyl halides is 3. The molecule has 47 heavy (non-hydrogen) atoms. The zero-order valence-corrected chi connectivity index (χ0v) is 25.4. The smallest absolute Gasteiger partial charge is 0.490 e. The monoisotopic (exact) mass is 640 g/mol. The number of ether oxygens (including phenoxy) is 1. The Bertz CT molecular complexity index is 1990. The maximum atomic E-state index is 10.6. The minimum atomic E-state index is -5.08. The van der Waals surface area contributed by atoms with Crippen molar-refractivity contribution in [2.24, 2.45) is 0 Å². The summed E-state index contributed by atoms with van der Waals surface area (Å²) in [4.78, 5) is 21.5. The summed E-state index contributed by atoms with van der Waals surface area (Å²) >= 11 is 0. The number of carboxylic acids is 1. The molecule has 1 aliphatic rings. The third-order valence-corrected chi connectivity index (χ3v) is 8.08. The van der Waals surface area contributed by atoms with Crippen LogP contribution in [0.15, 0.2) is 97.1 Å². The Hall–Kier alpha value is -5.36. The second kappa shape index (κ2) is 13.6. The van der Waals surface area contributed by atoms with Gasteiger partial charge in [-0.25, -0.2) is 19.4 Å². The highest BCUT2D eigenvalue weighted by molar-refractivity contribution is 5.86. The lowest BCUT2D eigenvalue weighted by Crippen LogP contribution is -2.34. The molecule has 0 saturated carbocycles. The lowest BCUT2D eigenvalue weighted by atomic mass is 10.0. The van der Waals surface area contributed by atoms with Crippen molar-refractivity contribution in [2.75, 3.05) is 20.2 Å². The van der Waals surface area contributed by atoms with Gasteiger partial charge in [0.2, 0.25) is 0 Å². The molecular weight excluding hydrogens is 609 g/mol. The highest BCUT2D eigenvalue weighted by atomic mass is 19.4. The molecule has 0 radical (unpaired) electrons. The zero-order valence-electron chi connectivity index (χ0n) is 25.4. The number of aliphatic carboxylic acids is 1. The molecule has 1 N–H and O–H groups in total. The highest BCUT2D eigenvalue weighted by Gasteiger charge is 2.38. The number of methoxy groups -OCH3 is 1. The molecule has 3 heterocycles. The number of likely N-dealkylation sites (tertiary alicyclic amines) is 1. The van der Waals surface area contributed by atoms with Gasteiger partial charge in [-0.2, -0.15) is 13.2 Å². The van der Waals surface area contributed by atoms with Crippen molar-refractivity contribution >= 4 is 28.0 Å². The van der Waals surface area contributed by atoms with Crippen molar-refractivity contribution in [3.63, 3.8) is 0 Å². The number of rotatable bonds is 6. The Kier molecular flexibility index (Phi) is 9.12. The van der Waals surface area contributed by atoms with Crippen LogP contribution in [0.4, 0.5) is 13.2 Å². The Balaban J connectivity index is 0.000000499. The fourth-order valence-electron chi connectivity index (χ4n) is 5.66. The molecule has 0 aliphatic carbocycles. The van der Waals surface area contributed by atoms with E-state index in [1.807, 2.05) is 48.5 Å². The molecule has 12 heteroatoms. The van der Waals surface area contributed by atoms with Gasteiger partial charge in [0.1, 0.15) is 11.3 Å². The maximum Gasteiger partial charge on any atom is 0.490 e. The van der Waals surface area contributed by atoms with Crippen LogP contribution in [0.2, 0.25) is 0 Å². The minimum absolute atomic E-state index is 0.397. The van der Waals surface area contributed by atoms with Crippen molar-refractivity contribution in [3.8, 4) is 28.3 Å². The molecule has 7 rings (SSSR count). The highest BCUT2D eigenvalue weighted by Crippen LogP contribution is 2.33. The Labute approximate surface area is 268 Å². The van der Waals surface area contributed by atoms with Crippen LogP contribution in [-0.2, 0) is 11.3 Å². The van der Waals surface area contributed by atoms with E-state index in [-0.39, 0.29) is 0 Å². The molecule has 0 unspecified atom stereocenters. The van der Waals surface area contributed by atoms with Gasteiger partial charge in [-0.3, -0.25) is 4.90 Å². The summed E-state index contributed by atoms with van der Waals surface area (Å²) < 4.78 is 39.3. The normalized spacial score (nSPS) is 14.1. The van der Waals surface area contributed by atoms with Crippen LogP contribution < -0.4 is 4.74 Å². The fourth-order valence-corrected chi connectivity index (χ4v) is 5.66. The molecule has 0 spiro atoms. The number of piperidine rings is 1. The minimum Gasteiger partial charge on any atom is -0.497 e. The lowest BCUT2D eigenvalue weighted by molar-refractivity contribution is -0.192. The summed E-state index contributed by atoms with van der Waals surface area (Å²) in [6.07, 6.45) is -2.94. The van der Waals surface area contributed by atoms with Crippen molar-refractivity contribution in [3.05, 3.63) is 103 Å². The number of aromatic nitrogens is 5. The van der Waals surface area contributed by atoms with E-state index in [1.54, 1.807) is 7.11 Å². The molecule has 1 aliphatic heterocycles. The van der Waals surface area contributed by atoms with Gasteiger partial charge >= 0.3 is 12.1 Å². The SMILES string of the molecule is COc1ccc2nc(-c3ccc(CN4CCC(n5nnc6ccccc65)CC4)cc3)c(-c3ccccc3)nc2c1.O=C(O)C(F)(F)F. The zero-order chi connectivity index (χ0) is 33.0. The van der Waals surface area contributed by atoms with E-state index < -0.39 is 12.1 Å². The van der Waals surface area contributed by atoms with E-state index in [4.69, 9.17) is 24.6 Å². The van der Waals surface area contributed by atoms with Gasteiger partial charge in [0.15, 0.2) is 0 Å². The van der Waals surface area contributed by atoms with E-state index in [2.05, 4.69) is 68.4 Å². The van der Waals surface area contributed by atoms with Gasteiger partial charge in [0.25, 0.3) is 0 Å². The van der Waals surface area contributed by atoms with Crippen LogP contribution in [0, 0.1) is 0 Å². The third kappa shape index (κ3) is 7.23. The van der Waals surface area contributed by atoms with Crippen LogP contribution in [0.3, 0.4) is 0 Å². The number of hydrogen-bond donors (Lipinski definition) is 1. The molecule has 0 atom stereocenters. The molecule has 0 bridgehead atoms. The summed E-state index contributed by atoms with van der Waals surface area (Å²) in [6, 6.07) is 33.5. The van der Waals surface area contributed by atoms with Gasteiger partial charge < -0.3 is 9.84 Å². The quantitative estimate of drug-likeness (QED) is 0.204. The number of fused-ring (bicyclic) bond motifs is 2. The Morgan fingerprint density at radius 1 is 0.830 bits per heavy atom. The summed E-state index contributed by atoms with van der Waals surface area (Å²) in [5.74, 6) is -1.98. The number of benzene rings is 4. The first-order valence-electron chi connectivity index (χ1n) is 15.0. The summed E-state index contributed by atoms with van der Waals surface area (Å²) in [7, 11) is 1.67. The van der Waals surface area contributed by atoms with Crippen LogP contribution in [-0.4, -0.2) is 67.3 Å². The average Bonchev–Trinajstić information content (AvgIpc) is 3.53. The first-order valence-corrected chi connectivity index (χ1v) is 15.0. The van der Waals surface area contributed by atoms with E-state index in [0.29, 0.717) is 6.04 Å². The van der Waals surface area contributed by atoms with Gasteiger partial charge in [0, 0.05) is 36.8 Å². The number of nitrogens with zero attached hydrogens (tertiary/aromatic N) is 6. The predicted molar refractivity (Wildman–Crippen MR) is 172 cm³/mol. The fraction of sp³-hybridized carbons (Fsp3) is 0.229. The Morgan fingerprint density at radius 3 is 2.11 bits per heavy atom. The van der Waals surface area contributed by atoms with E-state index in [1.165, 1.54) is 5.56 Å². The second-order valence-corrected chi connectivity index (χ2v) is 11.2. The number of hydrogen-bond acceptors (Lipinski definition) is 7. The van der Waals surface area contributed by atoms with Crippen molar-refractivity contribution in [1.29, 1.82) is 0 Å². The van der Waals surface area contributed by atoms with Crippen molar-refractivity contribution < 1.29 is 27.8 Å². The number of para-hydroxylation sites is 1.